The largest absolute Gasteiger partial charge is 0.472 e. The Morgan fingerprint density at radius 1 is 0.375 bits per heavy atom. The zero-order valence-electron chi connectivity index (χ0n) is 59.7. The Morgan fingerprint density at radius 2 is 0.625 bits per heavy atom. The van der Waals surface area contributed by atoms with Crippen LogP contribution in [0.1, 0.15) is 399 Å². The van der Waals surface area contributed by atoms with Crippen LogP contribution < -0.4 is 5.32 Å². The van der Waals surface area contributed by atoms with Crippen LogP contribution in [0, 0.1) is 0 Å². The van der Waals surface area contributed by atoms with Crippen molar-refractivity contribution in [3.05, 3.63) is 48.6 Å². The average molecular weight is 1260 g/mol. The van der Waals surface area contributed by atoms with Crippen molar-refractivity contribution >= 4 is 13.7 Å². The number of nitrogens with one attached hydrogen (secondary N) is 1. The molecule has 9 heteroatoms. The number of unbranched alkanes of at least 4 members (excludes halogenated alkanes) is 54. The number of amides is 1. The predicted octanol–water partition coefficient (Wildman–Crippen LogP) is 25.3. The number of carbonyl (C=O) groups excluding carboxylic acids is 1. The number of hydrogen-bond acceptors (Lipinski definition) is 5. The lowest BCUT2D eigenvalue weighted by molar-refractivity contribution is -0.870. The Morgan fingerprint density at radius 3 is 0.909 bits per heavy atom. The molecule has 88 heavy (non-hydrogen) atoms. The second-order valence-electron chi connectivity index (χ2n) is 28.1. The number of phosphoric acid groups is 1. The molecule has 0 aromatic rings. The van der Waals surface area contributed by atoms with Crippen LogP contribution in [-0.2, 0) is 18.4 Å². The van der Waals surface area contributed by atoms with E-state index in [-0.39, 0.29) is 19.1 Å². The Hall–Kier alpha value is -1.54. The standard InChI is InChI=1S/C79H153N2O6P/c1-6-8-10-12-14-16-18-20-22-24-26-28-30-32-34-35-36-37-38-39-40-41-42-43-44-45-47-49-51-53-55-57-59-61-63-65-67-69-71-73-79(83)80-77(76-87-88(84,85)86-75-74-81(3,4)5)78(82)72-70-68-66-64-62-60-58-56-54-52-50-48-46-33-31-29-27-25-23-21-19-17-15-13-11-9-7-2/h24,26,54,56,62,64,70,72,77-78,82H,6-23,25,27-53,55,57-61,63,65-69,71,73-76H2,1-5H3,(H-,80,83,84,85)/p+1/b26-24-,56-54+,64-62+,72-70+. The first-order valence-corrected chi connectivity index (χ1v) is 40.5. The number of nitrogens with zero attached hydrogens (tertiary/aromatic N) is 1. The van der Waals surface area contributed by atoms with Gasteiger partial charge in [0.15, 0.2) is 0 Å². The third-order valence-electron chi connectivity index (χ3n) is 18.0. The van der Waals surface area contributed by atoms with Crippen molar-refractivity contribution in [3.8, 4) is 0 Å². The zero-order valence-corrected chi connectivity index (χ0v) is 60.6. The van der Waals surface area contributed by atoms with Gasteiger partial charge in [0, 0.05) is 6.42 Å². The number of allylic oxidation sites excluding steroid dienone is 7. The third kappa shape index (κ3) is 71.9. The van der Waals surface area contributed by atoms with Crippen LogP contribution in [0.4, 0.5) is 0 Å². The SMILES string of the molecule is CCCCCCCCCC/C=C\CCCCCCCCCCCCCCCCCCCCCCCCCCCCCC(=O)NC(COP(=O)(O)OCC[N+](C)(C)C)C(O)/C=C/CC/C=C/CC/C=C/CCCCCCCCCCCCCCCCCCC. The summed E-state index contributed by atoms with van der Waals surface area (Å²) in [7, 11) is 1.56. The highest BCUT2D eigenvalue weighted by atomic mass is 31.2. The summed E-state index contributed by atoms with van der Waals surface area (Å²) in [6.07, 6.45) is 96.0. The number of hydrogen-bond donors (Lipinski definition) is 3. The van der Waals surface area contributed by atoms with Crippen LogP contribution in [0.2, 0.25) is 0 Å². The summed E-state index contributed by atoms with van der Waals surface area (Å²) in [6.45, 7) is 4.85. The van der Waals surface area contributed by atoms with Gasteiger partial charge in [0.1, 0.15) is 13.2 Å². The summed E-state index contributed by atoms with van der Waals surface area (Å²) in [4.78, 5) is 23.5. The molecule has 0 spiro atoms. The molecule has 3 unspecified atom stereocenters. The molecule has 0 saturated heterocycles. The summed E-state index contributed by atoms with van der Waals surface area (Å²) >= 11 is 0. The fraction of sp³-hybridized carbons (Fsp3) is 0.886. The lowest BCUT2D eigenvalue weighted by atomic mass is 10.0. The van der Waals surface area contributed by atoms with Crippen molar-refractivity contribution in [2.75, 3.05) is 40.9 Å². The highest BCUT2D eigenvalue weighted by Gasteiger charge is 2.28. The maximum absolute atomic E-state index is 13.1. The molecule has 3 atom stereocenters. The van der Waals surface area contributed by atoms with Crippen molar-refractivity contribution in [1.29, 1.82) is 0 Å². The second kappa shape index (κ2) is 69.8. The van der Waals surface area contributed by atoms with E-state index in [2.05, 4.69) is 55.6 Å². The summed E-state index contributed by atoms with van der Waals surface area (Å²) in [5.74, 6) is -0.183. The molecule has 0 aliphatic heterocycles. The molecule has 0 rings (SSSR count). The summed E-state index contributed by atoms with van der Waals surface area (Å²) in [6, 6.07) is -0.871. The highest BCUT2D eigenvalue weighted by molar-refractivity contribution is 7.47. The molecular formula is C79H154N2O6P+. The lowest BCUT2D eigenvalue weighted by Crippen LogP contribution is -2.45. The molecule has 0 fully saturated rings. The van der Waals surface area contributed by atoms with Gasteiger partial charge in [-0.2, -0.15) is 0 Å². The molecule has 0 heterocycles. The first kappa shape index (κ1) is 86.5. The Bertz CT molecular complexity index is 1580. The molecular weight excluding hydrogens is 1100 g/mol. The van der Waals surface area contributed by atoms with E-state index in [1.807, 2.05) is 27.2 Å². The molecule has 8 nitrogen and oxygen atoms in total. The normalized spacial score (nSPS) is 13.8. The van der Waals surface area contributed by atoms with Gasteiger partial charge in [0.05, 0.1) is 39.9 Å². The van der Waals surface area contributed by atoms with Gasteiger partial charge < -0.3 is 19.8 Å². The number of phosphoric ester groups is 1. The quantitative estimate of drug-likeness (QED) is 0.0243. The second-order valence-corrected chi connectivity index (χ2v) is 29.5. The van der Waals surface area contributed by atoms with E-state index >= 15 is 0 Å². The van der Waals surface area contributed by atoms with E-state index in [9.17, 15) is 19.4 Å². The third-order valence-corrected chi connectivity index (χ3v) is 19.0. The minimum absolute atomic E-state index is 0.0548. The van der Waals surface area contributed by atoms with E-state index in [0.717, 1.165) is 44.9 Å². The van der Waals surface area contributed by atoms with Gasteiger partial charge in [-0.3, -0.25) is 13.8 Å². The van der Waals surface area contributed by atoms with Crippen molar-refractivity contribution in [1.82, 2.24) is 5.32 Å². The molecule has 520 valence electrons. The molecule has 0 aliphatic rings. The Labute approximate surface area is 549 Å². The van der Waals surface area contributed by atoms with Crippen molar-refractivity contribution in [2.24, 2.45) is 0 Å². The molecule has 0 saturated carbocycles. The number of likely N-dealkylation sites (N-methyl/N-ethyl adjacent to an activating group) is 1. The van der Waals surface area contributed by atoms with Gasteiger partial charge in [-0.05, 0) is 70.6 Å². The van der Waals surface area contributed by atoms with Gasteiger partial charge in [0.25, 0.3) is 0 Å². The van der Waals surface area contributed by atoms with Crippen LogP contribution in [0.25, 0.3) is 0 Å². The maximum Gasteiger partial charge on any atom is 0.472 e. The zero-order chi connectivity index (χ0) is 64.1. The van der Waals surface area contributed by atoms with Crippen LogP contribution >= 0.6 is 7.82 Å². The molecule has 0 radical (unpaired) electrons. The number of quaternary nitrogens is 1. The van der Waals surface area contributed by atoms with Gasteiger partial charge in [-0.1, -0.05) is 371 Å². The van der Waals surface area contributed by atoms with Crippen molar-refractivity contribution in [2.45, 2.75) is 411 Å². The number of aliphatic hydroxyl groups is 1. The minimum atomic E-state index is -4.37. The first-order chi connectivity index (χ1) is 43.0. The molecule has 3 N–H and O–H groups in total. The van der Waals surface area contributed by atoms with E-state index in [0.29, 0.717) is 17.4 Å². The monoisotopic (exact) mass is 1260 g/mol. The molecule has 0 aliphatic carbocycles. The van der Waals surface area contributed by atoms with Crippen molar-refractivity contribution < 1.29 is 32.9 Å². The molecule has 0 bridgehead atoms. The van der Waals surface area contributed by atoms with E-state index in [4.69, 9.17) is 9.05 Å². The lowest BCUT2D eigenvalue weighted by Gasteiger charge is -2.25. The van der Waals surface area contributed by atoms with Gasteiger partial charge in [-0.25, -0.2) is 4.57 Å². The van der Waals surface area contributed by atoms with E-state index in [1.54, 1.807) is 6.08 Å². The maximum atomic E-state index is 13.1. The summed E-state index contributed by atoms with van der Waals surface area (Å²) < 4.78 is 23.8. The topological polar surface area (TPSA) is 105 Å². The van der Waals surface area contributed by atoms with Gasteiger partial charge in [-0.15, -0.1) is 0 Å². The first-order valence-electron chi connectivity index (χ1n) is 39.0. The molecule has 0 aromatic heterocycles. The van der Waals surface area contributed by atoms with E-state index in [1.165, 1.54) is 334 Å². The fourth-order valence-corrected chi connectivity index (χ4v) is 12.7. The van der Waals surface area contributed by atoms with Crippen molar-refractivity contribution in [3.63, 3.8) is 0 Å². The smallest absolute Gasteiger partial charge is 0.387 e. The number of aliphatic hydroxyl groups excluding tert-OH is 1. The number of carbonyl (C=O) groups is 1. The Kier molecular flexibility index (Phi) is 68.6. The van der Waals surface area contributed by atoms with Crippen LogP contribution in [0.3, 0.4) is 0 Å². The van der Waals surface area contributed by atoms with E-state index < -0.39 is 20.0 Å². The highest BCUT2D eigenvalue weighted by Crippen LogP contribution is 2.43. The molecule has 1 amide bonds. The summed E-state index contributed by atoms with van der Waals surface area (Å²) in [5, 5.41) is 14.0. The van der Waals surface area contributed by atoms with Gasteiger partial charge >= 0.3 is 7.82 Å². The minimum Gasteiger partial charge on any atom is -0.387 e. The van der Waals surface area contributed by atoms with Gasteiger partial charge in [0.2, 0.25) is 5.91 Å². The number of rotatable bonds is 73. The Balaban J connectivity index is 3.98. The molecule has 0 aromatic carbocycles. The predicted molar refractivity (Wildman–Crippen MR) is 387 cm³/mol. The van der Waals surface area contributed by atoms with Crippen LogP contribution in [0.5, 0.6) is 0 Å². The van der Waals surface area contributed by atoms with Crippen LogP contribution in [-0.4, -0.2) is 73.4 Å². The summed E-state index contributed by atoms with van der Waals surface area (Å²) in [5.41, 5.74) is 0. The fourth-order valence-electron chi connectivity index (χ4n) is 12.0. The average Bonchev–Trinajstić information content (AvgIpc) is 3.70. The van der Waals surface area contributed by atoms with Crippen LogP contribution in [0.15, 0.2) is 48.6 Å².